The number of aliphatic hydroxyl groups is 1. The van der Waals surface area contributed by atoms with E-state index in [4.69, 9.17) is 18.9 Å². The normalized spacial score (nSPS) is 22.8. The molecule has 0 bridgehead atoms. The molecule has 206 valence electrons. The third-order valence-electron chi connectivity index (χ3n) is 7.27. The Morgan fingerprint density at radius 3 is 2.27 bits per heavy atom. The average Bonchev–Trinajstić information content (AvgIpc) is 2.97. The minimum atomic E-state index is -3.67. The first kappa shape index (κ1) is 29.6. The first-order valence-corrected chi connectivity index (χ1v) is 14.9. The highest BCUT2D eigenvalue weighted by Gasteiger charge is 2.48. The minimum absolute atomic E-state index is 0.0797. The molecule has 0 fully saturated rings. The lowest BCUT2D eigenvalue weighted by molar-refractivity contribution is 0.0172. The molecule has 1 aliphatic heterocycles. The molecule has 3 rings (SSSR count). The summed E-state index contributed by atoms with van der Waals surface area (Å²) in [5.74, 6) is -0.0502. The Bertz CT molecular complexity index is 1060. The summed E-state index contributed by atoms with van der Waals surface area (Å²) < 4.78 is 49.3. The number of methoxy groups -OCH3 is 1. The van der Waals surface area contributed by atoms with Gasteiger partial charge in [-0.15, -0.1) is 0 Å². The summed E-state index contributed by atoms with van der Waals surface area (Å²) in [6.07, 6.45) is 2.23. The lowest BCUT2D eigenvalue weighted by Gasteiger charge is -2.39. The maximum Gasteiger partial charge on any atom is 0.179 e. The zero-order valence-electron chi connectivity index (χ0n) is 22.4. The summed E-state index contributed by atoms with van der Waals surface area (Å²) in [5, 5.41) is 11.9. The van der Waals surface area contributed by atoms with E-state index in [1.165, 1.54) is 0 Å². The van der Waals surface area contributed by atoms with Crippen LogP contribution in [0.15, 0.2) is 53.4 Å². The molecule has 1 aliphatic rings. The molecule has 0 aliphatic carbocycles. The monoisotopic (exact) mass is 534 g/mol. The van der Waals surface area contributed by atoms with E-state index in [0.717, 1.165) is 18.4 Å². The molecule has 7 nitrogen and oxygen atoms in total. The molecule has 8 heteroatoms. The standard InChI is InChI=1S/C29H42O7S/c1-4-6-14-29(5-2)22-37(31,32)26-21-24(36-20-19-35-18-17-34-16-15-33-3)12-13-25(26)27(28(29)30)23-10-8-7-9-11-23/h7-13,21,27-28,30H,4-6,14-20,22H2,1-3H3/t27-,28+,29-/m1/s1. The Kier molecular flexibility index (Phi) is 11.4. The molecule has 0 saturated carbocycles. The third kappa shape index (κ3) is 7.54. The quantitative estimate of drug-likeness (QED) is 0.334. The van der Waals surface area contributed by atoms with Gasteiger partial charge < -0.3 is 24.1 Å². The van der Waals surface area contributed by atoms with Gasteiger partial charge in [0.05, 0.1) is 49.8 Å². The second-order valence-electron chi connectivity index (χ2n) is 9.68. The van der Waals surface area contributed by atoms with Gasteiger partial charge >= 0.3 is 0 Å². The van der Waals surface area contributed by atoms with Gasteiger partial charge in [-0.05, 0) is 36.1 Å². The number of hydrogen-bond acceptors (Lipinski definition) is 7. The molecule has 2 aromatic rings. The molecule has 3 atom stereocenters. The van der Waals surface area contributed by atoms with Crippen molar-refractivity contribution in [3.8, 4) is 5.75 Å². The molecule has 2 aromatic carbocycles. The number of rotatable bonds is 15. The van der Waals surface area contributed by atoms with Crippen LogP contribution in [0.2, 0.25) is 0 Å². The fourth-order valence-corrected chi connectivity index (χ4v) is 7.42. The van der Waals surface area contributed by atoms with Crippen LogP contribution in [-0.2, 0) is 24.0 Å². The van der Waals surface area contributed by atoms with Gasteiger partial charge in [0.2, 0.25) is 0 Å². The highest BCUT2D eigenvalue weighted by molar-refractivity contribution is 7.91. The van der Waals surface area contributed by atoms with Crippen molar-refractivity contribution >= 4 is 9.84 Å². The lowest BCUT2D eigenvalue weighted by Crippen LogP contribution is -2.42. The maximum atomic E-state index is 13.8. The molecule has 0 spiro atoms. The summed E-state index contributed by atoms with van der Waals surface area (Å²) in [6, 6.07) is 14.9. The van der Waals surface area contributed by atoms with E-state index in [1.54, 1.807) is 25.3 Å². The van der Waals surface area contributed by atoms with Crippen LogP contribution in [0.5, 0.6) is 5.75 Å². The van der Waals surface area contributed by atoms with Crippen molar-refractivity contribution in [2.45, 2.75) is 56.4 Å². The summed E-state index contributed by atoms with van der Waals surface area (Å²) in [4.78, 5) is 0.247. The number of sulfone groups is 1. The lowest BCUT2D eigenvalue weighted by atomic mass is 9.69. The highest BCUT2D eigenvalue weighted by atomic mass is 32.2. The predicted octanol–water partition coefficient (Wildman–Crippen LogP) is 4.61. The highest BCUT2D eigenvalue weighted by Crippen LogP contribution is 2.49. The van der Waals surface area contributed by atoms with Gasteiger partial charge in [0.25, 0.3) is 0 Å². The first-order chi connectivity index (χ1) is 17.9. The maximum absolute atomic E-state index is 13.8. The van der Waals surface area contributed by atoms with Gasteiger partial charge in [0.1, 0.15) is 12.4 Å². The van der Waals surface area contributed by atoms with Crippen LogP contribution < -0.4 is 4.74 Å². The molecular formula is C29H42O7S. The number of unbranched alkanes of at least 4 members (excludes halogenated alkanes) is 1. The van der Waals surface area contributed by atoms with Crippen LogP contribution in [0, 0.1) is 5.41 Å². The van der Waals surface area contributed by atoms with Crippen molar-refractivity contribution in [1.82, 2.24) is 0 Å². The second-order valence-corrected chi connectivity index (χ2v) is 11.6. The van der Waals surface area contributed by atoms with Crippen molar-refractivity contribution in [2.24, 2.45) is 5.41 Å². The number of aliphatic hydroxyl groups excluding tert-OH is 1. The third-order valence-corrected chi connectivity index (χ3v) is 9.25. The van der Waals surface area contributed by atoms with Crippen molar-refractivity contribution in [2.75, 3.05) is 52.5 Å². The molecule has 0 radical (unpaired) electrons. The molecule has 1 heterocycles. The average molecular weight is 535 g/mol. The predicted molar refractivity (Wildman–Crippen MR) is 144 cm³/mol. The second kappa shape index (κ2) is 14.3. The van der Waals surface area contributed by atoms with Crippen LogP contribution in [-0.4, -0.2) is 72.1 Å². The molecule has 1 N–H and O–H groups in total. The van der Waals surface area contributed by atoms with E-state index >= 15 is 0 Å². The minimum Gasteiger partial charge on any atom is -0.491 e. The van der Waals surface area contributed by atoms with Crippen LogP contribution >= 0.6 is 0 Å². The zero-order valence-corrected chi connectivity index (χ0v) is 23.2. The van der Waals surface area contributed by atoms with E-state index in [2.05, 4.69) is 6.92 Å². The number of ether oxygens (including phenoxy) is 4. The molecule has 0 aromatic heterocycles. The number of benzene rings is 2. The molecule has 37 heavy (non-hydrogen) atoms. The Morgan fingerprint density at radius 1 is 0.946 bits per heavy atom. The summed E-state index contributed by atoms with van der Waals surface area (Å²) >= 11 is 0. The van der Waals surface area contributed by atoms with E-state index in [0.29, 0.717) is 57.2 Å². The van der Waals surface area contributed by atoms with Crippen molar-refractivity contribution in [3.05, 3.63) is 59.7 Å². The molecule has 0 saturated heterocycles. The Labute approximate surface area is 222 Å². The number of hydrogen-bond donors (Lipinski definition) is 1. The van der Waals surface area contributed by atoms with Gasteiger partial charge in [0.15, 0.2) is 9.84 Å². The van der Waals surface area contributed by atoms with E-state index in [9.17, 15) is 13.5 Å². The smallest absolute Gasteiger partial charge is 0.179 e. The zero-order chi connectivity index (χ0) is 26.7. The number of fused-ring (bicyclic) bond motifs is 1. The molecule has 0 unspecified atom stereocenters. The van der Waals surface area contributed by atoms with Crippen molar-refractivity contribution in [1.29, 1.82) is 0 Å². The van der Waals surface area contributed by atoms with Crippen molar-refractivity contribution < 1.29 is 32.5 Å². The van der Waals surface area contributed by atoms with Crippen LogP contribution in [0.4, 0.5) is 0 Å². The van der Waals surface area contributed by atoms with Gasteiger partial charge in [-0.1, -0.05) is 63.1 Å². The first-order valence-electron chi connectivity index (χ1n) is 13.3. The Morgan fingerprint density at radius 2 is 1.62 bits per heavy atom. The fraction of sp³-hybridized carbons (Fsp3) is 0.586. The van der Waals surface area contributed by atoms with Crippen LogP contribution in [0.25, 0.3) is 0 Å². The van der Waals surface area contributed by atoms with Crippen LogP contribution in [0.1, 0.15) is 56.6 Å². The van der Waals surface area contributed by atoms with Crippen LogP contribution in [0.3, 0.4) is 0 Å². The fourth-order valence-electron chi connectivity index (χ4n) is 5.14. The Balaban J connectivity index is 1.83. The summed E-state index contributed by atoms with van der Waals surface area (Å²) in [5.41, 5.74) is 0.814. The van der Waals surface area contributed by atoms with E-state index in [1.807, 2.05) is 37.3 Å². The van der Waals surface area contributed by atoms with E-state index in [-0.39, 0.29) is 17.3 Å². The molecular weight excluding hydrogens is 492 g/mol. The largest absolute Gasteiger partial charge is 0.491 e. The van der Waals surface area contributed by atoms with Gasteiger partial charge in [-0.25, -0.2) is 8.42 Å². The Hall–Kier alpha value is -1.97. The molecule has 0 amide bonds. The van der Waals surface area contributed by atoms with Crippen molar-refractivity contribution in [3.63, 3.8) is 0 Å². The van der Waals surface area contributed by atoms with Gasteiger partial charge in [0, 0.05) is 18.4 Å². The SMILES string of the molecule is CCCC[C@]1(CC)CS(=O)(=O)c2cc(OCCOCCOCCOC)ccc2[C@@H](c2ccccc2)[C@@H]1O. The topological polar surface area (TPSA) is 91.3 Å². The van der Waals surface area contributed by atoms with Gasteiger partial charge in [-0.2, -0.15) is 0 Å². The summed E-state index contributed by atoms with van der Waals surface area (Å²) in [7, 11) is -2.05. The van der Waals surface area contributed by atoms with E-state index < -0.39 is 27.3 Å². The summed E-state index contributed by atoms with van der Waals surface area (Å²) in [6.45, 7) is 6.71. The van der Waals surface area contributed by atoms with Gasteiger partial charge in [-0.3, -0.25) is 0 Å².